The van der Waals surface area contributed by atoms with Crippen molar-refractivity contribution < 1.29 is 18.0 Å². The summed E-state index contributed by atoms with van der Waals surface area (Å²) in [7, 11) is 0. The Bertz CT molecular complexity index is 581. The maximum atomic E-state index is 12.4. The highest BCUT2D eigenvalue weighted by molar-refractivity contribution is 8.13. The highest BCUT2D eigenvalue weighted by Crippen LogP contribution is 2.28. The first-order valence-electron chi connectivity index (χ1n) is 5.23. The third-order valence-electron chi connectivity index (χ3n) is 1.99. The second-order valence-corrected chi connectivity index (χ2v) is 4.79. The van der Waals surface area contributed by atoms with Crippen molar-refractivity contribution in [2.24, 2.45) is 0 Å². The van der Waals surface area contributed by atoms with Crippen LogP contribution < -0.4 is 5.56 Å². The molecule has 1 aromatic rings. The van der Waals surface area contributed by atoms with E-state index < -0.39 is 17.3 Å². The van der Waals surface area contributed by atoms with Gasteiger partial charge < -0.3 is 4.98 Å². The van der Waals surface area contributed by atoms with Crippen molar-refractivity contribution in [1.29, 1.82) is 0 Å². The molecule has 0 aliphatic rings. The van der Waals surface area contributed by atoms with Crippen molar-refractivity contribution in [3.63, 3.8) is 0 Å². The van der Waals surface area contributed by atoms with E-state index >= 15 is 0 Å². The number of halogens is 3. The van der Waals surface area contributed by atoms with Crippen LogP contribution in [0.2, 0.25) is 0 Å². The van der Waals surface area contributed by atoms with E-state index in [1.165, 1.54) is 6.92 Å². The van der Waals surface area contributed by atoms with Crippen molar-refractivity contribution in [3.8, 4) is 11.8 Å². The normalized spacial score (nSPS) is 10.7. The van der Waals surface area contributed by atoms with Crippen molar-refractivity contribution in [2.45, 2.75) is 19.5 Å². The van der Waals surface area contributed by atoms with Gasteiger partial charge in [0.1, 0.15) is 0 Å². The van der Waals surface area contributed by atoms with Gasteiger partial charge in [-0.15, -0.1) is 0 Å². The molecular weight excluding hydrogens is 279 g/mol. The number of thioether (sulfide) groups is 1. The highest BCUT2D eigenvalue weighted by atomic mass is 32.2. The second kappa shape index (κ2) is 6.48. The van der Waals surface area contributed by atoms with Crippen LogP contribution in [0.3, 0.4) is 0 Å². The quantitative estimate of drug-likeness (QED) is 0.672. The maximum absolute atomic E-state index is 12.4. The fraction of sp³-hybridized carbons (Fsp3) is 0.333. The predicted molar refractivity (Wildman–Crippen MR) is 66.7 cm³/mol. The summed E-state index contributed by atoms with van der Waals surface area (Å²) in [5.41, 5.74) is -1.85. The molecule has 1 aromatic heterocycles. The van der Waals surface area contributed by atoms with Gasteiger partial charge >= 0.3 is 6.18 Å². The molecule has 0 aliphatic heterocycles. The molecule has 0 unspecified atom stereocenters. The van der Waals surface area contributed by atoms with E-state index in [2.05, 4.69) is 11.8 Å². The van der Waals surface area contributed by atoms with Gasteiger partial charge in [0.25, 0.3) is 5.56 Å². The number of pyridine rings is 1. The minimum atomic E-state index is -4.52. The molecule has 0 radical (unpaired) electrons. The van der Waals surface area contributed by atoms with Gasteiger partial charge in [-0.25, -0.2) is 0 Å². The minimum Gasteiger partial charge on any atom is -0.327 e. The number of alkyl halides is 3. The smallest absolute Gasteiger partial charge is 0.327 e. The number of carbonyl (C=O) groups excluding carboxylic acids is 1. The fourth-order valence-electron chi connectivity index (χ4n) is 1.14. The van der Waals surface area contributed by atoms with Gasteiger partial charge in [0.2, 0.25) is 0 Å². The number of aromatic amines is 1. The van der Waals surface area contributed by atoms with Crippen molar-refractivity contribution in [3.05, 3.63) is 33.7 Å². The molecule has 0 saturated carbocycles. The SMILES string of the molecule is CC(=O)SCCC#Cc1cc(C(F)(F)F)c[nH]c1=O. The van der Waals surface area contributed by atoms with Crippen LogP contribution in [-0.2, 0) is 11.0 Å². The molecule has 19 heavy (non-hydrogen) atoms. The van der Waals surface area contributed by atoms with Gasteiger partial charge in [-0.05, 0) is 6.07 Å². The fourth-order valence-corrected chi connectivity index (χ4v) is 1.64. The van der Waals surface area contributed by atoms with Crippen LogP contribution >= 0.6 is 11.8 Å². The highest BCUT2D eigenvalue weighted by Gasteiger charge is 2.31. The largest absolute Gasteiger partial charge is 0.417 e. The summed E-state index contributed by atoms with van der Waals surface area (Å²) in [6, 6.07) is 0.712. The molecule has 1 N–H and O–H groups in total. The summed E-state index contributed by atoms with van der Waals surface area (Å²) in [5.74, 6) is 5.39. The molecular formula is C12H10F3NO2S. The Labute approximate surface area is 111 Å². The number of rotatable bonds is 2. The average Bonchev–Trinajstić information content (AvgIpc) is 2.29. The molecule has 0 spiro atoms. The molecule has 102 valence electrons. The van der Waals surface area contributed by atoms with Crippen molar-refractivity contribution >= 4 is 16.9 Å². The minimum absolute atomic E-state index is 0.0567. The summed E-state index contributed by atoms with van der Waals surface area (Å²) < 4.78 is 37.3. The molecule has 3 nitrogen and oxygen atoms in total. The van der Waals surface area contributed by atoms with E-state index in [-0.39, 0.29) is 10.7 Å². The lowest BCUT2D eigenvalue weighted by atomic mass is 10.2. The Kier molecular flexibility index (Phi) is 5.24. The third-order valence-corrected chi connectivity index (χ3v) is 2.80. The van der Waals surface area contributed by atoms with Gasteiger partial charge in [-0.1, -0.05) is 23.6 Å². The van der Waals surface area contributed by atoms with E-state index in [1.54, 1.807) is 0 Å². The maximum Gasteiger partial charge on any atom is 0.417 e. The standard InChI is InChI=1S/C12H10F3NO2S/c1-8(17)19-5-3-2-4-9-6-10(12(13,14)15)7-16-11(9)18/h6-7H,3,5H2,1H3,(H,16,18). The van der Waals surface area contributed by atoms with Crippen molar-refractivity contribution in [1.82, 2.24) is 4.98 Å². The molecule has 0 amide bonds. The lowest BCUT2D eigenvalue weighted by Crippen LogP contribution is -2.14. The summed E-state index contributed by atoms with van der Waals surface area (Å²) in [5, 5.41) is -0.0567. The van der Waals surface area contributed by atoms with E-state index in [1.807, 2.05) is 4.98 Å². The number of H-pyrrole nitrogens is 1. The first kappa shape index (κ1) is 15.4. The number of hydrogen-bond acceptors (Lipinski definition) is 3. The molecule has 1 heterocycles. The Morgan fingerprint density at radius 3 is 2.74 bits per heavy atom. The number of carbonyl (C=O) groups is 1. The van der Waals surface area contributed by atoms with Crippen molar-refractivity contribution in [2.75, 3.05) is 5.75 Å². The molecule has 0 bridgehead atoms. The number of nitrogens with one attached hydrogen (secondary N) is 1. The predicted octanol–water partition coefficient (Wildman–Crippen LogP) is 2.42. The average molecular weight is 289 g/mol. The second-order valence-electron chi connectivity index (χ2n) is 3.52. The first-order chi connectivity index (χ1) is 8.80. The number of aromatic nitrogens is 1. The van der Waals surface area contributed by atoms with Crippen LogP contribution in [0.25, 0.3) is 0 Å². The molecule has 0 aromatic carbocycles. The van der Waals surface area contributed by atoms with E-state index in [0.717, 1.165) is 11.8 Å². The molecule has 1 rings (SSSR count). The van der Waals surface area contributed by atoms with E-state index in [4.69, 9.17) is 0 Å². The Morgan fingerprint density at radius 2 is 2.16 bits per heavy atom. The van der Waals surface area contributed by atoms with Crippen LogP contribution in [-0.4, -0.2) is 15.9 Å². The van der Waals surface area contributed by atoms with Gasteiger partial charge in [0.15, 0.2) is 5.12 Å². The molecule has 0 saturated heterocycles. The zero-order valence-corrected chi connectivity index (χ0v) is 10.7. The van der Waals surface area contributed by atoms with Crippen LogP contribution in [0, 0.1) is 11.8 Å². The summed E-state index contributed by atoms with van der Waals surface area (Å²) in [6.07, 6.45) is -3.59. The van der Waals surface area contributed by atoms with Crippen LogP contribution in [0.5, 0.6) is 0 Å². The molecule has 7 heteroatoms. The van der Waals surface area contributed by atoms with Crippen LogP contribution in [0.1, 0.15) is 24.5 Å². The lowest BCUT2D eigenvalue weighted by molar-refractivity contribution is -0.137. The lowest BCUT2D eigenvalue weighted by Gasteiger charge is -2.05. The molecule has 0 fully saturated rings. The summed E-state index contributed by atoms with van der Waals surface area (Å²) >= 11 is 1.07. The summed E-state index contributed by atoms with van der Waals surface area (Å²) in [6.45, 7) is 1.41. The Morgan fingerprint density at radius 1 is 1.47 bits per heavy atom. The first-order valence-corrected chi connectivity index (χ1v) is 6.21. The van der Waals surface area contributed by atoms with Gasteiger partial charge in [0, 0.05) is 25.3 Å². The monoisotopic (exact) mass is 289 g/mol. The van der Waals surface area contributed by atoms with Gasteiger partial charge in [-0.2, -0.15) is 13.2 Å². The van der Waals surface area contributed by atoms with Gasteiger partial charge in [0.05, 0.1) is 11.1 Å². The topological polar surface area (TPSA) is 49.9 Å². The van der Waals surface area contributed by atoms with Gasteiger partial charge in [-0.3, -0.25) is 9.59 Å². The summed E-state index contributed by atoms with van der Waals surface area (Å²) in [4.78, 5) is 23.9. The molecule has 0 atom stereocenters. The number of hydrogen-bond donors (Lipinski definition) is 1. The van der Waals surface area contributed by atoms with E-state index in [9.17, 15) is 22.8 Å². The zero-order valence-electron chi connectivity index (χ0n) is 9.93. The Balaban J connectivity index is 2.81. The van der Waals surface area contributed by atoms with Crippen LogP contribution in [0.15, 0.2) is 17.1 Å². The Hall–Kier alpha value is -1.68. The third kappa shape index (κ3) is 5.22. The zero-order chi connectivity index (χ0) is 14.5. The van der Waals surface area contributed by atoms with E-state index in [0.29, 0.717) is 24.4 Å². The van der Waals surface area contributed by atoms with Crippen LogP contribution in [0.4, 0.5) is 13.2 Å². The molecule has 0 aliphatic carbocycles.